The molecule has 2 unspecified atom stereocenters. The summed E-state index contributed by atoms with van der Waals surface area (Å²) in [4.78, 5) is 57.9. The summed E-state index contributed by atoms with van der Waals surface area (Å²) < 4.78 is 5.31. The maximum Gasteiger partial charge on any atom is 0.257 e. The number of aliphatic hydroxyl groups is 3. The number of hydrogen-bond donors (Lipinski definition) is 5. The summed E-state index contributed by atoms with van der Waals surface area (Å²) in [6.07, 6.45) is 0.107. The number of benzene rings is 1. The molecule has 220 valence electrons. The number of Topliss-reactive ketones (excluding diaryl/α,β-unsaturated/α-hetero) is 2. The molecule has 0 radical (unpaired) electrons. The molecule has 6 N–H and O–H groups in total. The van der Waals surface area contributed by atoms with Gasteiger partial charge in [0, 0.05) is 44.4 Å². The lowest BCUT2D eigenvalue weighted by Crippen LogP contribution is -2.63. The first-order chi connectivity index (χ1) is 19.2. The molecule has 3 aliphatic carbocycles. The molecule has 5 rings (SSSR count). The molecule has 0 spiro atoms. The molecular weight excluding hydrogens is 536 g/mol. The van der Waals surface area contributed by atoms with Crippen LogP contribution in [-0.4, -0.2) is 120 Å². The van der Waals surface area contributed by atoms with Crippen LogP contribution in [0.4, 0.5) is 5.69 Å². The number of fused-ring (bicyclic) bond motifs is 3. The smallest absolute Gasteiger partial charge is 0.257 e. The number of ketones is 2. The second kappa shape index (κ2) is 9.86. The van der Waals surface area contributed by atoms with E-state index in [0.29, 0.717) is 37.6 Å². The van der Waals surface area contributed by atoms with E-state index in [2.05, 4.69) is 0 Å². The fourth-order valence-corrected chi connectivity index (χ4v) is 6.80. The van der Waals surface area contributed by atoms with Crippen molar-refractivity contribution in [2.75, 3.05) is 59.4 Å². The van der Waals surface area contributed by atoms with E-state index in [1.165, 1.54) is 15.9 Å². The number of phenols is 1. The van der Waals surface area contributed by atoms with Gasteiger partial charge in [0.1, 0.15) is 22.8 Å². The zero-order valence-corrected chi connectivity index (χ0v) is 23.3. The van der Waals surface area contributed by atoms with E-state index >= 15 is 0 Å². The van der Waals surface area contributed by atoms with E-state index < -0.39 is 69.7 Å². The third-order valence-electron chi connectivity index (χ3n) is 8.71. The van der Waals surface area contributed by atoms with Gasteiger partial charge in [-0.15, -0.1) is 0 Å². The van der Waals surface area contributed by atoms with Crippen LogP contribution in [0, 0.1) is 11.8 Å². The molecule has 13 heteroatoms. The van der Waals surface area contributed by atoms with E-state index in [1.54, 1.807) is 33.1 Å². The maximum atomic E-state index is 14.1. The molecule has 0 bridgehead atoms. The van der Waals surface area contributed by atoms with E-state index in [4.69, 9.17) is 10.5 Å². The molecule has 4 atom stereocenters. The van der Waals surface area contributed by atoms with Crippen LogP contribution in [0.3, 0.4) is 0 Å². The number of aliphatic hydroxyl groups excluding tert-OH is 2. The third-order valence-corrected chi connectivity index (χ3v) is 8.71. The quantitative estimate of drug-likeness (QED) is 0.297. The number of morpholine rings is 1. The SMILES string of the molecule is CN(C)c1cc(C(=O)N2CCOCC2)c(O)c2c1CC1CC3[C@@H](N(C)C)C(O)=C(C(N)=O)C(=O)[C@@]3(O)C(O)=C1C2=O. The van der Waals surface area contributed by atoms with Crippen LogP contribution in [-0.2, 0) is 20.7 Å². The summed E-state index contributed by atoms with van der Waals surface area (Å²) in [5.74, 6) is -7.88. The fraction of sp³-hybridized carbons (Fsp3) is 0.500. The highest BCUT2D eigenvalue weighted by Gasteiger charge is 2.63. The molecular formula is C28H34N4O9. The molecule has 1 aromatic carbocycles. The fourth-order valence-electron chi connectivity index (χ4n) is 6.80. The zero-order valence-electron chi connectivity index (χ0n) is 23.3. The molecule has 2 amide bonds. The topological polar surface area (TPSA) is 194 Å². The monoisotopic (exact) mass is 570 g/mol. The number of likely N-dealkylation sites (N-methyl/N-ethyl adjacent to an activating group) is 1. The second-order valence-electron chi connectivity index (χ2n) is 11.4. The van der Waals surface area contributed by atoms with Crippen LogP contribution in [0.1, 0.15) is 32.7 Å². The Labute approximate surface area is 236 Å². The number of aromatic hydroxyl groups is 1. The molecule has 0 aromatic heterocycles. The van der Waals surface area contributed by atoms with Crippen molar-refractivity contribution in [3.63, 3.8) is 0 Å². The number of primary amides is 1. The molecule has 1 heterocycles. The van der Waals surface area contributed by atoms with Crippen molar-refractivity contribution in [1.82, 2.24) is 9.80 Å². The van der Waals surface area contributed by atoms with E-state index in [0.717, 1.165) is 0 Å². The molecule has 1 saturated heterocycles. The first-order valence-corrected chi connectivity index (χ1v) is 13.3. The highest BCUT2D eigenvalue weighted by Crippen LogP contribution is 2.53. The van der Waals surface area contributed by atoms with Crippen molar-refractivity contribution >= 4 is 29.1 Å². The van der Waals surface area contributed by atoms with E-state index in [1.807, 2.05) is 0 Å². The number of anilines is 1. The molecule has 13 nitrogen and oxygen atoms in total. The first kappa shape index (κ1) is 28.6. The third kappa shape index (κ3) is 4.02. The maximum absolute atomic E-state index is 14.1. The minimum atomic E-state index is -2.73. The summed E-state index contributed by atoms with van der Waals surface area (Å²) in [7, 11) is 6.61. The Hall–Kier alpha value is -3.94. The number of allylic oxidation sites excluding steroid dienone is 1. The molecule has 0 saturated carbocycles. The summed E-state index contributed by atoms with van der Waals surface area (Å²) in [6, 6.07) is 0.462. The van der Waals surface area contributed by atoms with Gasteiger partial charge in [-0.3, -0.25) is 24.1 Å². The number of carbonyl (C=O) groups excluding carboxylic acids is 4. The van der Waals surface area contributed by atoms with E-state index in [-0.39, 0.29) is 29.5 Å². The molecule has 1 aliphatic heterocycles. The highest BCUT2D eigenvalue weighted by molar-refractivity contribution is 6.25. The zero-order chi connectivity index (χ0) is 30.1. The van der Waals surface area contributed by atoms with Crippen molar-refractivity contribution in [2.45, 2.75) is 24.5 Å². The minimum Gasteiger partial charge on any atom is -0.510 e. The van der Waals surface area contributed by atoms with Crippen molar-refractivity contribution in [2.24, 2.45) is 17.6 Å². The Morgan fingerprint density at radius 1 is 1.10 bits per heavy atom. The van der Waals surface area contributed by atoms with Gasteiger partial charge in [0.2, 0.25) is 5.78 Å². The lowest BCUT2D eigenvalue weighted by Gasteiger charge is -2.50. The van der Waals surface area contributed by atoms with Gasteiger partial charge in [0.15, 0.2) is 11.4 Å². The first-order valence-electron chi connectivity index (χ1n) is 13.3. The summed E-state index contributed by atoms with van der Waals surface area (Å²) in [5, 5.41) is 45.5. The summed E-state index contributed by atoms with van der Waals surface area (Å²) in [5.41, 5.74) is 2.17. The van der Waals surface area contributed by atoms with Crippen LogP contribution in [0.25, 0.3) is 0 Å². The number of nitrogens with zero attached hydrogens (tertiary/aromatic N) is 3. The van der Waals surface area contributed by atoms with Crippen LogP contribution in [0.5, 0.6) is 5.75 Å². The molecule has 41 heavy (non-hydrogen) atoms. The van der Waals surface area contributed by atoms with Crippen LogP contribution < -0.4 is 10.6 Å². The van der Waals surface area contributed by atoms with Crippen molar-refractivity contribution in [3.05, 3.63) is 45.4 Å². The van der Waals surface area contributed by atoms with Crippen LogP contribution >= 0.6 is 0 Å². The Morgan fingerprint density at radius 2 is 1.73 bits per heavy atom. The van der Waals surface area contributed by atoms with Gasteiger partial charge in [0.25, 0.3) is 11.8 Å². The largest absolute Gasteiger partial charge is 0.510 e. The lowest BCUT2D eigenvalue weighted by atomic mass is 9.58. The van der Waals surface area contributed by atoms with Gasteiger partial charge in [-0.1, -0.05) is 0 Å². The van der Waals surface area contributed by atoms with Crippen molar-refractivity contribution in [3.8, 4) is 5.75 Å². The van der Waals surface area contributed by atoms with Crippen LogP contribution in [0.15, 0.2) is 28.7 Å². The van der Waals surface area contributed by atoms with E-state index in [9.17, 15) is 39.6 Å². The standard InChI is InChI=1S/C28H34N4O9/c1-30(2)16-11-14(27(39)32-5-7-41-8-6-32)21(33)18-13(16)9-12-10-15-20(31(3)4)23(35)19(26(29)38)25(37)28(15,40)24(36)17(12)22(18)34/h11-12,15,20,33,35-36,40H,5-10H2,1-4H3,(H2,29,38)/t12?,15?,20-,28+/m1/s1. The lowest BCUT2D eigenvalue weighted by molar-refractivity contribution is -0.148. The number of hydrogen-bond acceptors (Lipinski definition) is 11. The second-order valence-corrected chi connectivity index (χ2v) is 11.4. The number of rotatable bonds is 4. The van der Waals surface area contributed by atoms with Crippen molar-refractivity contribution in [1.29, 1.82) is 0 Å². The van der Waals surface area contributed by atoms with Gasteiger partial charge in [0.05, 0.1) is 30.4 Å². The Bertz CT molecular complexity index is 1440. The Balaban J connectivity index is 1.70. The number of phenolic OH excluding ortho intramolecular Hbond substituents is 1. The molecule has 4 aliphatic rings. The number of amides is 2. The van der Waals surface area contributed by atoms with Gasteiger partial charge in [-0.2, -0.15) is 0 Å². The van der Waals surface area contributed by atoms with Gasteiger partial charge >= 0.3 is 0 Å². The summed E-state index contributed by atoms with van der Waals surface area (Å²) >= 11 is 0. The average molecular weight is 571 g/mol. The minimum absolute atomic E-state index is 0.0200. The summed E-state index contributed by atoms with van der Waals surface area (Å²) in [6.45, 7) is 1.28. The number of nitrogens with two attached hydrogens (primary N) is 1. The predicted octanol–water partition coefficient (Wildman–Crippen LogP) is -0.341. The Morgan fingerprint density at radius 3 is 2.29 bits per heavy atom. The van der Waals surface area contributed by atoms with Crippen molar-refractivity contribution < 1.29 is 44.3 Å². The van der Waals surface area contributed by atoms with Crippen LogP contribution in [0.2, 0.25) is 0 Å². The van der Waals surface area contributed by atoms with Gasteiger partial charge in [-0.25, -0.2) is 0 Å². The van der Waals surface area contributed by atoms with Gasteiger partial charge < -0.3 is 40.7 Å². The Kier molecular flexibility index (Phi) is 6.87. The highest BCUT2D eigenvalue weighted by atomic mass is 16.5. The number of carbonyl (C=O) groups is 4. The predicted molar refractivity (Wildman–Crippen MR) is 145 cm³/mol. The molecule has 1 aromatic rings. The molecule has 1 fully saturated rings. The number of ether oxygens (including phenoxy) is 1. The average Bonchev–Trinajstić information content (AvgIpc) is 2.90. The normalized spacial score (nSPS) is 28.0. The van der Waals surface area contributed by atoms with Gasteiger partial charge in [-0.05, 0) is 44.5 Å².